The van der Waals surface area contributed by atoms with Crippen molar-refractivity contribution in [2.45, 2.75) is 20.0 Å². The number of carbonyl (C=O) groups excluding carboxylic acids is 1. The van der Waals surface area contributed by atoms with Gasteiger partial charge >= 0.3 is 0 Å². The lowest BCUT2D eigenvalue weighted by Crippen LogP contribution is -2.32. The number of fused-ring (bicyclic) bond motifs is 1. The molecule has 26 heavy (non-hydrogen) atoms. The molecule has 130 valence electrons. The Kier molecular flexibility index (Phi) is 4.13. The second-order valence-electron chi connectivity index (χ2n) is 6.45. The number of hydrogen-bond donors (Lipinski definition) is 1. The highest BCUT2D eigenvalue weighted by atomic mass is 35.5. The normalized spacial score (nSPS) is 15.9. The van der Waals surface area contributed by atoms with Crippen molar-refractivity contribution in [3.8, 4) is 0 Å². The summed E-state index contributed by atoms with van der Waals surface area (Å²) < 4.78 is 0. The van der Waals surface area contributed by atoms with Gasteiger partial charge in [-0.15, -0.1) is 0 Å². The third kappa shape index (κ3) is 2.82. The van der Waals surface area contributed by atoms with E-state index in [1.54, 1.807) is 17.2 Å². The van der Waals surface area contributed by atoms with E-state index in [1.165, 1.54) is 0 Å². The topological polar surface area (TPSA) is 45.2 Å². The maximum absolute atomic E-state index is 13.1. The number of pyridine rings is 1. The summed E-state index contributed by atoms with van der Waals surface area (Å²) in [6, 6.07) is 17.2. The molecule has 2 heterocycles. The van der Waals surface area contributed by atoms with Gasteiger partial charge in [-0.2, -0.15) is 0 Å². The molecule has 1 atom stereocenters. The van der Waals surface area contributed by atoms with E-state index in [9.17, 15) is 4.79 Å². The van der Waals surface area contributed by atoms with Gasteiger partial charge in [0, 0.05) is 22.6 Å². The zero-order valence-corrected chi connectivity index (χ0v) is 15.3. The number of benzene rings is 2. The molecule has 1 aliphatic heterocycles. The smallest absolute Gasteiger partial charge is 0.262 e. The Morgan fingerprint density at radius 2 is 1.85 bits per heavy atom. The minimum Gasteiger partial charge on any atom is -0.360 e. The van der Waals surface area contributed by atoms with Crippen LogP contribution in [0.15, 0.2) is 60.8 Å². The van der Waals surface area contributed by atoms with Crippen LogP contribution in [0.5, 0.6) is 0 Å². The molecule has 0 radical (unpaired) electrons. The molecule has 3 aromatic rings. The number of aryl methyl sites for hydroxylation is 2. The van der Waals surface area contributed by atoms with Gasteiger partial charge < -0.3 is 5.32 Å². The number of nitrogens with one attached hydrogen (secondary N) is 1. The SMILES string of the molecule is Cc1ccc(N2C(=O)c3cccnc3[C@@H]2Nc2cc(Cl)ccc2C)cc1. The average molecular weight is 364 g/mol. The lowest BCUT2D eigenvalue weighted by molar-refractivity contribution is 0.0993. The van der Waals surface area contributed by atoms with Crippen molar-refractivity contribution < 1.29 is 4.79 Å². The molecule has 0 spiro atoms. The fourth-order valence-corrected chi connectivity index (χ4v) is 3.36. The van der Waals surface area contributed by atoms with Crippen molar-refractivity contribution in [2.75, 3.05) is 10.2 Å². The molecule has 0 aliphatic carbocycles. The Hall–Kier alpha value is -2.85. The van der Waals surface area contributed by atoms with Crippen molar-refractivity contribution in [3.05, 3.63) is 88.2 Å². The second kappa shape index (κ2) is 6.46. The Labute approximate surface area is 157 Å². The zero-order chi connectivity index (χ0) is 18.3. The fourth-order valence-electron chi connectivity index (χ4n) is 3.19. The number of anilines is 2. The third-order valence-corrected chi connectivity index (χ3v) is 4.84. The van der Waals surface area contributed by atoms with Gasteiger partial charge in [0.1, 0.15) is 0 Å². The first-order chi connectivity index (χ1) is 12.5. The summed E-state index contributed by atoms with van der Waals surface area (Å²) in [4.78, 5) is 19.3. The average Bonchev–Trinajstić information content (AvgIpc) is 2.92. The molecule has 0 bridgehead atoms. The molecular formula is C21H18ClN3O. The van der Waals surface area contributed by atoms with E-state index >= 15 is 0 Å². The molecule has 4 nitrogen and oxygen atoms in total. The van der Waals surface area contributed by atoms with Crippen molar-refractivity contribution >= 4 is 28.9 Å². The molecule has 0 unspecified atom stereocenters. The number of nitrogens with zero attached hydrogens (tertiary/aromatic N) is 2. The number of halogens is 1. The summed E-state index contributed by atoms with van der Waals surface area (Å²) in [5.74, 6) is -0.0610. The van der Waals surface area contributed by atoms with Crippen molar-refractivity contribution in [1.82, 2.24) is 4.98 Å². The third-order valence-electron chi connectivity index (χ3n) is 4.61. The van der Waals surface area contributed by atoms with Crippen LogP contribution in [0, 0.1) is 13.8 Å². The fraction of sp³-hybridized carbons (Fsp3) is 0.143. The van der Waals surface area contributed by atoms with E-state index in [0.29, 0.717) is 10.6 Å². The van der Waals surface area contributed by atoms with E-state index in [1.807, 2.05) is 62.4 Å². The number of amides is 1. The predicted molar refractivity (Wildman–Crippen MR) is 105 cm³/mol. The summed E-state index contributed by atoms with van der Waals surface area (Å²) >= 11 is 6.17. The lowest BCUT2D eigenvalue weighted by Gasteiger charge is -2.27. The molecule has 4 rings (SSSR count). The molecule has 1 aliphatic rings. The largest absolute Gasteiger partial charge is 0.360 e. The first-order valence-corrected chi connectivity index (χ1v) is 8.80. The van der Waals surface area contributed by atoms with E-state index in [2.05, 4.69) is 10.3 Å². The molecule has 5 heteroatoms. The van der Waals surface area contributed by atoms with Crippen LogP contribution in [0.1, 0.15) is 33.3 Å². The number of hydrogen-bond acceptors (Lipinski definition) is 3. The zero-order valence-electron chi connectivity index (χ0n) is 14.5. The Balaban J connectivity index is 1.80. The van der Waals surface area contributed by atoms with Gasteiger partial charge in [0.25, 0.3) is 5.91 Å². The van der Waals surface area contributed by atoms with Gasteiger partial charge in [-0.3, -0.25) is 14.7 Å². The summed E-state index contributed by atoms with van der Waals surface area (Å²) in [5.41, 5.74) is 5.24. The van der Waals surface area contributed by atoms with Crippen LogP contribution in [0.3, 0.4) is 0 Å². The molecule has 1 aromatic heterocycles. The highest BCUT2D eigenvalue weighted by Gasteiger charge is 2.39. The molecule has 0 saturated heterocycles. The van der Waals surface area contributed by atoms with Gasteiger partial charge in [0.2, 0.25) is 0 Å². The summed E-state index contributed by atoms with van der Waals surface area (Å²) in [7, 11) is 0. The van der Waals surface area contributed by atoms with Crippen LogP contribution >= 0.6 is 11.6 Å². The summed E-state index contributed by atoms with van der Waals surface area (Å²) in [5, 5.41) is 4.10. The maximum Gasteiger partial charge on any atom is 0.262 e. The first kappa shape index (κ1) is 16.6. The van der Waals surface area contributed by atoms with Gasteiger partial charge in [-0.25, -0.2) is 0 Å². The van der Waals surface area contributed by atoms with Gasteiger partial charge in [0.05, 0.1) is 11.3 Å². The highest BCUT2D eigenvalue weighted by molar-refractivity contribution is 6.30. The Morgan fingerprint density at radius 3 is 2.62 bits per heavy atom. The Bertz CT molecular complexity index is 985. The molecule has 1 amide bonds. The number of rotatable bonds is 3. The molecule has 2 aromatic carbocycles. The van der Waals surface area contributed by atoms with Gasteiger partial charge in [-0.05, 0) is 55.8 Å². The lowest BCUT2D eigenvalue weighted by atomic mass is 10.1. The van der Waals surface area contributed by atoms with Crippen molar-refractivity contribution in [2.24, 2.45) is 0 Å². The van der Waals surface area contributed by atoms with Crippen molar-refractivity contribution in [1.29, 1.82) is 0 Å². The second-order valence-corrected chi connectivity index (χ2v) is 6.89. The standard InChI is InChI=1S/C21H18ClN3O/c1-13-5-9-16(10-6-13)25-20(19-17(21(25)26)4-3-11-23-19)24-18-12-15(22)8-7-14(18)2/h3-12,20,24H,1-2H3/t20-/m1/s1. The quantitative estimate of drug-likeness (QED) is 0.702. The minimum atomic E-state index is -0.390. The van der Waals surface area contributed by atoms with Crippen LogP contribution in [0.2, 0.25) is 5.02 Å². The number of aromatic nitrogens is 1. The monoisotopic (exact) mass is 363 g/mol. The van der Waals surface area contributed by atoms with Crippen LogP contribution in [-0.2, 0) is 0 Å². The van der Waals surface area contributed by atoms with Crippen LogP contribution in [-0.4, -0.2) is 10.9 Å². The molecule has 0 fully saturated rings. The van der Waals surface area contributed by atoms with Crippen LogP contribution in [0.25, 0.3) is 0 Å². The van der Waals surface area contributed by atoms with E-state index in [4.69, 9.17) is 11.6 Å². The minimum absolute atomic E-state index is 0.0610. The first-order valence-electron chi connectivity index (χ1n) is 8.42. The van der Waals surface area contributed by atoms with Gasteiger partial charge in [-0.1, -0.05) is 35.4 Å². The van der Waals surface area contributed by atoms with E-state index < -0.39 is 6.17 Å². The van der Waals surface area contributed by atoms with E-state index in [0.717, 1.165) is 28.2 Å². The van der Waals surface area contributed by atoms with E-state index in [-0.39, 0.29) is 5.91 Å². The summed E-state index contributed by atoms with van der Waals surface area (Å²) in [6.07, 6.45) is 1.32. The number of carbonyl (C=O) groups is 1. The van der Waals surface area contributed by atoms with Crippen LogP contribution in [0.4, 0.5) is 11.4 Å². The summed E-state index contributed by atoms with van der Waals surface area (Å²) in [6.45, 7) is 4.03. The predicted octanol–water partition coefficient (Wildman–Crippen LogP) is 5.12. The maximum atomic E-state index is 13.1. The molecule has 0 saturated carbocycles. The molecule has 1 N–H and O–H groups in total. The van der Waals surface area contributed by atoms with Crippen LogP contribution < -0.4 is 10.2 Å². The molecular weight excluding hydrogens is 346 g/mol. The van der Waals surface area contributed by atoms with Gasteiger partial charge in [0.15, 0.2) is 6.17 Å². The highest BCUT2D eigenvalue weighted by Crippen LogP contribution is 2.37. The Morgan fingerprint density at radius 1 is 1.08 bits per heavy atom. The van der Waals surface area contributed by atoms with Crippen molar-refractivity contribution in [3.63, 3.8) is 0 Å².